The van der Waals surface area contributed by atoms with E-state index in [1.807, 2.05) is 12.1 Å². The van der Waals surface area contributed by atoms with Crippen molar-refractivity contribution in [3.63, 3.8) is 0 Å². The first-order chi connectivity index (χ1) is 8.47. The lowest BCUT2D eigenvalue weighted by atomic mass is 10.1. The number of hydrogen-bond acceptors (Lipinski definition) is 3. The van der Waals surface area contributed by atoms with E-state index in [4.69, 9.17) is 0 Å². The zero-order valence-electron chi connectivity index (χ0n) is 9.80. The number of aromatic nitrogens is 2. The summed E-state index contributed by atoms with van der Waals surface area (Å²) in [5.41, 5.74) is 1.03. The lowest BCUT2D eigenvalue weighted by Gasteiger charge is -2.09. The smallest absolute Gasteiger partial charge is 0.175 e. The Kier molecular flexibility index (Phi) is 3.87. The molecule has 1 heterocycles. The fourth-order valence-electron chi connectivity index (χ4n) is 1.62. The number of imidazole rings is 1. The van der Waals surface area contributed by atoms with Gasteiger partial charge < -0.3 is 4.98 Å². The molecule has 0 bridgehead atoms. The molecule has 2 aromatic rings. The third-order valence-electron chi connectivity index (χ3n) is 2.60. The topological polar surface area (TPSA) is 62.8 Å². The molecule has 1 aromatic heterocycles. The Labute approximate surface area is 115 Å². The van der Waals surface area contributed by atoms with Crippen molar-refractivity contribution < 1.29 is 8.42 Å². The lowest BCUT2D eigenvalue weighted by molar-refractivity contribution is 0.602. The van der Waals surface area contributed by atoms with E-state index in [1.54, 1.807) is 24.5 Å². The van der Waals surface area contributed by atoms with Gasteiger partial charge in [0.1, 0.15) is 5.82 Å². The summed E-state index contributed by atoms with van der Waals surface area (Å²) in [5.74, 6) is 0.893. The van der Waals surface area contributed by atoms with E-state index in [1.165, 1.54) is 6.26 Å². The molecule has 0 fully saturated rings. The minimum absolute atomic E-state index is 0.109. The van der Waals surface area contributed by atoms with Crippen LogP contribution in [-0.2, 0) is 16.3 Å². The molecule has 6 heteroatoms. The van der Waals surface area contributed by atoms with Gasteiger partial charge in [0.2, 0.25) is 0 Å². The van der Waals surface area contributed by atoms with Crippen molar-refractivity contribution in [3.05, 3.63) is 48.0 Å². The zero-order chi connectivity index (χ0) is 13.2. The van der Waals surface area contributed by atoms with Gasteiger partial charge in [-0.3, -0.25) is 0 Å². The van der Waals surface area contributed by atoms with Crippen LogP contribution >= 0.6 is 15.9 Å². The van der Waals surface area contributed by atoms with Gasteiger partial charge >= 0.3 is 0 Å². The number of H-pyrrole nitrogens is 1. The summed E-state index contributed by atoms with van der Waals surface area (Å²) in [6.45, 7) is 0. The van der Waals surface area contributed by atoms with Crippen molar-refractivity contribution in [2.75, 3.05) is 6.26 Å². The van der Waals surface area contributed by atoms with Crippen molar-refractivity contribution in [2.24, 2.45) is 0 Å². The molecule has 0 aliphatic carbocycles. The van der Waals surface area contributed by atoms with Crippen LogP contribution in [0.1, 0.15) is 16.2 Å². The van der Waals surface area contributed by atoms with Crippen molar-refractivity contribution >= 4 is 25.8 Å². The zero-order valence-corrected chi connectivity index (χ0v) is 12.2. The van der Waals surface area contributed by atoms with Gasteiger partial charge in [0.15, 0.2) is 9.84 Å². The van der Waals surface area contributed by atoms with Gasteiger partial charge in [0.25, 0.3) is 0 Å². The van der Waals surface area contributed by atoms with Gasteiger partial charge in [-0.25, -0.2) is 13.4 Å². The van der Waals surface area contributed by atoms with Crippen molar-refractivity contribution in [1.29, 1.82) is 0 Å². The third-order valence-corrected chi connectivity index (χ3v) is 4.58. The predicted octanol–water partition coefficient (Wildman–Crippen LogP) is 2.49. The van der Waals surface area contributed by atoms with Crippen LogP contribution < -0.4 is 0 Å². The van der Waals surface area contributed by atoms with Crippen LogP contribution in [0.15, 0.2) is 41.6 Å². The largest absolute Gasteiger partial charge is 0.349 e. The van der Waals surface area contributed by atoms with E-state index in [2.05, 4.69) is 25.9 Å². The molecule has 0 saturated heterocycles. The van der Waals surface area contributed by atoms with Gasteiger partial charge in [-0.2, -0.15) is 0 Å². The highest BCUT2D eigenvalue weighted by Crippen LogP contribution is 2.26. The highest BCUT2D eigenvalue weighted by Gasteiger charge is 2.12. The highest BCUT2D eigenvalue weighted by atomic mass is 79.9. The number of sulfone groups is 1. The first-order valence-electron chi connectivity index (χ1n) is 5.39. The van der Waals surface area contributed by atoms with E-state index in [0.29, 0.717) is 4.90 Å². The van der Waals surface area contributed by atoms with E-state index < -0.39 is 9.84 Å². The summed E-state index contributed by atoms with van der Waals surface area (Å²) in [5, 5.41) is 0. The molecule has 0 spiro atoms. The van der Waals surface area contributed by atoms with Gasteiger partial charge in [-0.15, -0.1) is 0 Å². The fourth-order valence-corrected chi connectivity index (χ4v) is 2.86. The minimum Gasteiger partial charge on any atom is -0.349 e. The van der Waals surface area contributed by atoms with Crippen LogP contribution in [-0.4, -0.2) is 24.6 Å². The van der Waals surface area contributed by atoms with E-state index in [9.17, 15) is 8.42 Å². The first kappa shape index (κ1) is 13.3. The number of alkyl halides is 1. The SMILES string of the molecule is CS(=O)(=O)c1ccc(C(Br)Cc2ncc[nH]2)cc1. The van der Waals surface area contributed by atoms with Crippen LogP contribution in [0.4, 0.5) is 0 Å². The summed E-state index contributed by atoms with van der Waals surface area (Å²) >= 11 is 3.57. The maximum absolute atomic E-state index is 11.3. The number of halogens is 1. The van der Waals surface area contributed by atoms with Crippen molar-refractivity contribution in [2.45, 2.75) is 16.1 Å². The molecule has 96 valence electrons. The maximum Gasteiger partial charge on any atom is 0.175 e. The Balaban J connectivity index is 2.14. The standard InChI is InChI=1S/C12H13BrN2O2S/c1-18(16,17)10-4-2-9(3-5-10)11(13)8-12-14-6-7-15-12/h2-7,11H,8H2,1H3,(H,14,15). The van der Waals surface area contributed by atoms with Crippen LogP contribution in [0.3, 0.4) is 0 Å². The fraction of sp³-hybridized carbons (Fsp3) is 0.250. The Morgan fingerprint density at radius 1 is 1.33 bits per heavy atom. The highest BCUT2D eigenvalue weighted by molar-refractivity contribution is 9.09. The third kappa shape index (κ3) is 3.20. The number of nitrogens with one attached hydrogen (secondary N) is 1. The molecular formula is C12H13BrN2O2S. The van der Waals surface area contributed by atoms with Crippen LogP contribution in [0.25, 0.3) is 0 Å². The molecule has 18 heavy (non-hydrogen) atoms. The molecule has 4 nitrogen and oxygen atoms in total. The Morgan fingerprint density at radius 3 is 2.50 bits per heavy atom. The quantitative estimate of drug-likeness (QED) is 0.877. The van der Waals surface area contributed by atoms with Crippen LogP contribution in [0.5, 0.6) is 0 Å². The van der Waals surface area contributed by atoms with Crippen molar-refractivity contribution in [1.82, 2.24) is 9.97 Å². The number of benzene rings is 1. The van der Waals surface area contributed by atoms with Crippen molar-refractivity contribution in [3.8, 4) is 0 Å². The average molecular weight is 329 g/mol. The molecule has 1 atom stereocenters. The van der Waals surface area contributed by atoms with Gasteiger partial charge in [-0.05, 0) is 17.7 Å². The molecule has 0 aliphatic heterocycles. The van der Waals surface area contributed by atoms with Gasteiger partial charge in [0.05, 0.1) is 4.90 Å². The minimum atomic E-state index is -3.13. The van der Waals surface area contributed by atoms with Crippen LogP contribution in [0.2, 0.25) is 0 Å². The second-order valence-electron chi connectivity index (χ2n) is 4.05. The second-order valence-corrected chi connectivity index (χ2v) is 7.17. The normalized spacial score (nSPS) is 13.4. The molecule has 0 saturated carbocycles. The summed E-state index contributed by atoms with van der Waals surface area (Å²) in [6, 6.07) is 6.89. The first-order valence-corrected chi connectivity index (χ1v) is 8.20. The number of aromatic amines is 1. The summed E-state index contributed by atoms with van der Waals surface area (Å²) in [6.07, 6.45) is 5.42. The lowest BCUT2D eigenvalue weighted by Crippen LogP contribution is -2.00. The van der Waals surface area contributed by atoms with E-state index >= 15 is 0 Å². The molecule has 0 aliphatic rings. The Morgan fingerprint density at radius 2 is 2.00 bits per heavy atom. The molecule has 0 amide bonds. The molecule has 1 N–H and O–H groups in total. The summed E-state index contributed by atoms with van der Waals surface area (Å²) < 4.78 is 22.7. The predicted molar refractivity (Wildman–Crippen MR) is 73.5 cm³/mol. The molecule has 1 unspecified atom stereocenters. The Bertz CT molecular complexity index is 606. The van der Waals surface area contributed by atoms with Crippen LogP contribution in [0, 0.1) is 0 Å². The second kappa shape index (κ2) is 5.24. The molecule has 2 rings (SSSR count). The summed E-state index contributed by atoms with van der Waals surface area (Å²) in [7, 11) is -3.13. The summed E-state index contributed by atoms with van der Waals surface area (Å²) in [4.78, 5) is 7.64. The average Bonchev–Trinajstić information content (AvgIpc) is 2.81. The van der Waals surface area contributed by atoms with E-state index in [0.717, 1.165) is 17.8 Å². The number of rotatable bonds is 4. The maximum atomic E-state index is 11.3. The van der Waals surface area contributed by atoms with Gasteiger partial charge in [-0.1, -0.05) is 28.1 Å². The number of hydrogen-bond donors (Lipinski definition) is 1. The number of nitrogens with zero attached hydrogens (tertiary/aromatic N) is 1. The van der Waals surface area contributed by atoms with E-state index in [-0.39, 0.29) is 4.83 Å². The molecule has 0 radical (unpaired) electrons. The molecular weight excluding hydrogens is 316 g/mol. The molecule has 1 aromatic carbocycles. The van der Waals surface area contributed by atoms with Gasteiger partial charge in [0, 0.05) is 29.9 Å². The monoisotopic (exact) mass is 328 g/mol. The Hall–Kier alpha value is -1.14.